The molecular weight excluding hydrogens is 905 g/mol. The van der Waals surface area contributed by atoms with Gasteiger partial charge >= 0.3 is 0 Å². The van der Waals surface area contributed by atoms with Crippen LogP contribution in [0.15, 0.2) is 218 Å². The second kappa shape index (κ2) is 14.8. The summed E-state index contributed by atoms with van der Waals surface area (Å²) in [7, 11) is 0. The largest absolute Gasteiger partial charge is 0.309 e. The highest BCUT2D eigenvalue weighted by Gasteiger charge is 2.24. The summed E-state index contributed by atoms with van der Waals surface area (Å²) in [5, 5.41) is 11.9. The summed E-state index contributed by atoms with van der Waals surface area (Å²) in [6, 6.07) is 79.0. The molecular formula is C63H36N6S2. The van der Waals surface area contributed by atoms with Crippen molar-refractivity contribution in [3.05, 3.63) is 218 Å². The molecule has 0 fully saturated rings. The first-order valence-electron chi connectivity index (χ1n) is 23.8. The zero-order valence-electron chi connectivity index (χ0n) is 37.8. The molecule has 0 bridgehead atoms. The maximum absolute atomic E-state index is 5.51. The summed E-state index contributed by atoms with van der Waals surface area (Å²) in [6.07, 6.45) is 0. The van der Waals surface area contributed by atoms with Gasteiger partial charge in [-0.3, -0.25) is 4.57 Å². The van der Waals surface area contributed by atoms with Crippen molar-refractivity contribution < 1.29 is 0 Å². The Morgan fingerprint density at radius 1 is 0.282 bits per heavy atom. The van der Waals surface area contributed by atoms with E-state index in [-0.39, 0.29) is 0 Å². The first kappa shape index (κ1) is 39.0. The van der Waals surface area contributed by atoms with Crippen LogP contribution in [-0.4, -0.2) is 28.7 Å². The van der Waals surface area contributed by atoms with Crippen LogP contribution in [0.25, 0.3) is 146 Å². The highest BCUT2D eigenvalue weighted by atomic mass is 32.1. The maximum atomic E-state index is 5.51. The average molecular weight is 941 g/mol. The molecule has 0 amide bonds. The molecule has 0 aliphatic heterocycles. The van der Waals surface area contributed by atoms with Gasteiger partial charge in [-0.2, -0.15) is 9.97 Å². The second-order valence-corrected chi connectivity index (χ2v) is 20.5. The predicted octanol–water partition coefficient (Wildman–Crippen LogP) is 17.2. The summed E-state index contributed by atoms with van der Waals surface area (Å²) in [4.78, 5) is 16.4. The van der Waals surface area contributed by atoms with Gasteiger partial charge in [0.05, 0.1) is 33.1 Å². The van der Waals surface area contributed by atoms with E-state index in [1.165, 1.54) is 62.2 Å². The van der Waals surface area contributed by atoms with Crippen LogP contribution in [0.4, 0.5) is 0 Å². The Morgan fingerprint density at radius 3 is 1.23 bits per heavy atom. The van der Waals surface area contributed by atoms with Gasteiger partial charge in [-0.1, -0.05) is 115 Å². The summed E-state index contributed by atoms with van der Waals surface area (Å²) < 4.78 is 12.1. The molecule has 0 aliphatic carbocycles. The summed E-state index contributed by atoms with van der Waals surface area (Å²) in [6.45, 7) is 0. The van der Waals surface area contributed by atoms with Crippen LogP contribution in [-0.2, 0) is 0 Å². The van der Waals surface area contributed by atoms with Gasteiger partial charge < -0.3 is 9.13 Å². The Morgan fingerprint density at radius 2 is 0.690 bits per heavy atom. The molecule has 16 rings (SSSR count). The molecule has 0 unspecified atom stereocenters. The monoisotopic (exact) mass is 940 g/mol. The number of fused-ring (bicyclic) bond motifs is 16. The molecule has 330 valence electrons. The van der Waals surface area contributed by atoms with Crippen molar-refractivity contribution in [3.8, 4) is 40.1 Å². The average Bonchev–Trinajstić information content (AvgIpc) is 4.24. The fourth-order valence-corrected chi connectivity index (χ4v) is 13.6. The molecule has 0 radical (unpaired) electrons. The Balaban J connectivity index is 0.950. The maximum Gasteiger partial charge on any atom is 0.238 e. The zero-order valence-corrected chi connectivity index (χ0v) is 39.4. The lowest BCUT2D eigenvalue weighted by Gasteiger charge is -2.13. The topological polar surface area (TPSA) is 53.5 Å². The van der Waals surface area contributed by atoms with Gasteiger partial charge in [0.25, 0.3) is 0 Å². The van der Waals surface area contributed by atoms with Crippen LogP contribution in [0.3, 0.4) is 0 Å². The smallest absolute Gasteiger partial charge is 0.238 e. The molecule has 0 saturated carbocycles. The number of para-hydroxylation sites is 4. The lowest BCUT2D eigenvalue weighted by atomic mass is 10.1. The minimum atomic E-state index is 0.571. The fourth-order valence-electron chi connectivity index (χ4n) is 11.4. The van der Waals surface area contributed by atoms with Gasteiger partial charge in [-0.25, -0.2) is 4.98 Å². The minimum absolute atomic E-state index is 0.571. The van der Waals surface area contributed by atoms with Crippen molar-refractivity contribution in [1.82, 2.24) is 28.7 Å². The quantitative estimate of drug-likeness (QED) is 0.173. The number of benzene rings is 10. The number of hydrogen-bond acceptors (Lipinski definition) is 5. The van der Waals surface area contributed by atoms with Crippen molar-refractivity contribution in [2.75, 3.05) is 0 Å². The molecule has 6 heterocycles. The van der Waals surface area contributed by atoms with Crippen LogP contribution in [0.1, 0.15) is 0 Å². The molecule has 10 aromatic carbocycles. The molecule has 0 spiro atoms. The lowest BCUT2D eigenvalue weighted by molar-refractivity contribution is 0.955. The van der Waals surface area contributed by atoms with E-state index in [1.807, 2.05) is 22.7 Å². The van der Waals surface area contributed by atoms with E-state index in [0.29, 0.717) is 17.6 Å². The Kier molecular flexibility index (Phi) is 8.11. The van der Waals surface area contributed by atoms with E-state index in [0.717, 1.165) is 66.1 Å². The number of aromatic nitrogens is 6. The van der Waals surface area contributed by atoms with E-state index in [9.17, 15) is 0 Å². The zero-order chi connectivity index (χ0) is 46.3. The van der Waals surface area contributed by atoms with Crippen LogP contribution >= 0.6 is 22.7 Å². The van der Waals surface area contributed by atoms with Crippen LogP contribution in [0.2, 0.25) is 0 Å². The molecule has 0 N–H and O–H groups in total. The van der Waals surface area contributed by atoms with Gasteiger partial charge in [0, 0.05) is 95.2 Å². The van der Waals surface area contributed by atoms with Crippen molar-refractivity contribution in [1.29, 1.82) is 0 Å². The molecule has 16 aromatic rings. The van der Waals surface area contributed by atoms with Gasteiger partial charge in [-0.15, -0.1) is 22.7 Å². The first-order chi connectivity index (χ1) is 35.2. The van der Waals surface area contributed by atoms with Crippen LogP contribution in [0, 0.1) is 0 Å². The van der Waals surface area contributed by atoms with Crippen LogP contribution < -0.4 is 0 Å². The third-order valence-electron chi connectivity index (χ3n) is 14.5. The molecule has 0 atom stereocenters. The van der Waals surface area contributed by atoms with Crippen molar-refractivity contribution in [2.45, 2.75) is 0 Å². The van der Waals surface area contributed by atoms with Crippen molar-refractivity contribution in [3.63, 3.8) is 0 Å². The van der Waals surface area contributed by atoms with Crippen molar-refractivity contribution in [2.24, 2.45) is 0 Å². The minimum Gasteiger partial charge on any atom is -0.309 e. The lowest BCUT2D eigenvalue weighted by Crippen LogP contribution is -2.06. The van der Waals surface area contributed by atoms with E-state index < -0.39 is 0 Å². The molecule has 6 aromatic heterocycles. The SMILES string of the molecule is c1ccc2c(c1)sc1ccc(-c3nc(-c4ccc5sc6ccccc6c5c4)nc(-n4c5ccccc5c5ccc6c(c7ccccc7n6-c6ccc(-n7c8ccccc8c8ccccc87)cc6)c54)n3)cc12. The van der Waals surface area contributed by atoms with Gasteiger partial charge in [0.2, 0.25) is 5.95 Å². The van der Waals surface area contributed by atoms with E-state index in [1.54, 1.807) is 0 Å². The predicted molar refractivity (Wildman–Crippen MR) is 299 cm³/mol. The van der Waals surface area contributed by atoms with E-state index in [2.05, 4.69) is 232 Å². The molecule has 8 heteroatoms. The molecule has 6 nitrogen and oxygen atoms in total. The Labute approximate surface area is 413 Å². The third kappa shape index (κ3) is 5.65. The third-order valence-corrected chi connectivity index (χ3v) is 16.8. The molecule has 0 aliphatic rings. The number of hydrogen-bond donors (Lipinski definition) is 0. The Bertz CT molecular complexity index is 4710. The summed E-state index contributed by atoms with van der Waals surface area (Å²) in [5.41, 5.74) is 10.8. The Hall–Kier alpha value is -8.95. The number of thiophene rings is 2. The highest BCUT2D eigenvalue weighted by Crippen LogP contribution is 2.44. The fraction of sp³-hybridized carbons (Fsp3) is 0. The second-order valence-electron chi connectivity index (χ2n) is 18.3. The summed E-state index contributed by atoms with van der Waals surface area (Å²) >= 11 is 3.63. The van der Waals surface area contributed by atoms with Crippen LogP contribution in [0.5, 0.6) is 0 Å². The van der Waals surface area contributed by atoms with Gasteiger partial charge in [0.15, 0.2) is 11.6 Å². The number of rotatable bonds is 5. The van der Waals surface area contributed by atoms with Gasteiger partial charge in [-0.05, 0) is 103 Å². The normalized spacial score (nSPS) is 12.2. The first-order valence-corrected chi connectivity index (χ1v) is 25.5. The van der Waals surface area contributed by atoms with Crippen molar-refractivity contribution >= 4 is 128 Å². The van der Waals surface area contributed by atoms with E-state index >= 15 is 0 Å². The van der Waals surface area contributed by atoms with Gasteiger partial charge in [0.1, 0.15) is 0 Å². The highest BCUT2D eigenvalue weighted by molar-refractivity contribution is 7.26. The standard InChI is InChI=1S/C63H36N6S2/c1-7-19-50-41(13-1)42-14-2-8-20-51(42)67(50)39-27-29-40(30-28-39)68-53-22-10-4-18-47(53)59-54(68)32-31-46-43-15-3-9-21-52(43)69(60(46)59)63-65-61(37-25-33-57-48(35-37)44-16-5-11-23-55(44)70-57)64-62(66-63)38-26-34-58-49(36-38)45-17-6-12-24-56(45)71-58/h1-36H. The van der Waals surface area contributed by atoms with E-state index in [4.69, 9.17) is 15.0 Å². The summed E-state index contributed by atoms with van der Waals surface area (Å²) in [5.74, 6) is 1.82. The molecule has 0 saturated heterocycles. The number of nitrogens with zero attached hydrogens (tertiary/aromatic N) is 6. The molecule has 71 heavy (non-hydrogen) atoms.